The van der Waals surface area contributed by atoms with Crippen LogP contribution in [0.5, 0.6) is 0 Å². The number of carbonyl (C=O) groups is 1. The predicted molar refractivity (Wildman–Crippen MR) is 92.2 cm³/mol. The van der Waals surface area contributed by atoms with Crippen molar-refractivity contribution in [3.05, 3.63) is 46.2 Å². The van der Waals surface area contributed by atoms with Crippen molar-refractivity contribution in [2.75, 3.05) is 17.2 Å². The number of hydrogen-bond acceptors (Lipinski definition) is 4. The summed E-state index contributed by atoms with van der Waals surface area (Å²) in [4.78, 5) is 20.5. The Hall–Kier alpha value is -1.95. The first kappa shape index (κ1) is 16.4. The molecule has 0 radical (unpaired) electrons. The minimum absolute atomic E-state index is 0.225. The lowest BCUT2D eigenvalue weighted by Gasteiger charge is -2.09. The quantitative estimate of drug-likeness (QED) is 0.846. The molecule has 2 N–H and O–H groups in total. The molecule has 6 heteroatoms. The van der Waals surface area contributed by atoms with Crippen molar-refractivity contribution in [3.8, 4) is 0 Å². The number of carbonyl (C=O) groups excluding carboxylic acids is 1. The third kappa shape index (κ3) is 4.53. The second-order valence-electron chi connectivity index (χ2n) is 5.49. The van der Waals surface area contributed by atoms with E-state index in [0.717, 1.165) is 22.3 Å². The van der Waals surface area contributed by atoms with E-state index in [1.54, 1.807) is 0 Å². The first-order chi connectivity index (χ1) is 10.5. The fourth-order valence-electron chi connectivity index (χ4n) is 1.76. The van der Waals surface area contributed by atoms with Crippen LogP contribution >= 0.6 is 15.9 Å². The average Bonchev–Trinajstić information content (AvgIpc) is 2.49. The average molecular weight is 363 g/mol. The maximum Gasteiger partial charge on any atom is 0.258 e. The Bertz CT molecular complexity index is 656. The van der Waals surface area contributed by atoms with Gasteiger partial charge in [0.2, 0.25) is 5.95 Å². The van der Waals surface area contributed by atoms with Crippen molar-refractivity contribution in [2.45, 2.75) is 20.8 Å². The van der Waals surface area contributed by atoms with Gasteiger partial charge in [-0.3, -0.25) is 4.79 Å². The van der Waals surface area contributed by atoms with Gasteiger partial charge in [-0.05, 0) is 36.6 Å². The standard InChI is InChI=1S/C16H19BrN4O/c1-10(2)7-18-16-19-8-12(9-20-16)15(22)21-13-4-5-14(17)11(3)6-13/h4-6,8-10H,7H2,1-3H3,(H,21,22)(H,18,19,20). The Morgan fingerprint density at radius 2 is 1.95 bits per heavy atom. The third-order valence-corrected chi connectivity index (χ3v) is 3.89. The fraction of sp³-hybridized carbons (Fsp3) is 0.312. The van der Waals surface area contributed by atoms with E-state index in [2.05, 4.69) is 50.4 Å². The fourth-order valence-corrected chi connectivity index (χ4v) is 2.00. The Kier molecular flexibility index (Phi) is 5.49. The first-order valence-electron chi connectivity index (χ1n) is 7.09. The molecule has 2 aromatic rings. The molecule has 0 saturated carbocycles. The lowest BCUT2D eigenvalue weighted by molar-refractivity contribution is 0.102. The smallest absolute Gasteiger partial charge is 0.258 e. The summed E-state index contributed by atoms with van der Waals surface area (Å²) in [6.45, 7) is 6.98. The summed E-state index contributed by atoms with van der Waals surface area (Å²) in [6.07, 6.45) is 3.05. The largest absolute Gasteiger partial charge is 0.354 e. The number of benzene rings is 1. The van der Waals surface area contributed by atoms with Crippen LogP contribution in [0.2, 0.25) is 0 Å². The van der Waals surface area contributed by atoms with Crippen LogP contribution in [0.4, 0.5) is 11.6 Å². The molecular weight excluding hydrogens is 344 g/mol. The lowest BCUT2D eigenvalue weighted by Crippen LogP contribution is -2.14. The van der Waals surface area contributed by atoms with Gasteiger partial charge in [0, 0.05) is 29.1 Å². The Morgan fingerprint density at radius 3 is 2.55 bits per heavy atom. The van der Waals surface area contributed by atoms with Gasteiger partial charge in [0.15, 0.2) is 0 Å². The summed E-state index contributed by atoms with van der Waals surface area (Å²) in [5, 5.41) is 5.95. The van der Waals surface area contributed by atoms with Crippen molar-refractivity contribution in [1.29, 1.82) is 0 Å². The van der Waals surface area contributed by atoms with E-state index >= 15 is 0 Å². The maximum absolute atomic E-state index is 12.2. The summed E-state index contributed by atoms with van der Waals surface area (Å²) in [6, 6.07) is 5.65. The number of amides is 1. The number of aromatic nitrogens is 2. The normalized spacial score (nSPS) is 10.6. The lowest BCUT2D eigenvalue weighted by atomic mass is 10.2. The van der Waals surface area contributed by atoms with Crippen LogP contribution in [-0.2, 0) is 0 Å². The molecule has 0 aliphatic rings. The van der Waals surface area contributed by atoms with E-state index in [0.29, 0.717) is 17.4 Å². The van der Waals surface area contributed by atoms with Gasteiger partial charge in [0.05, 0.1) is 5.56 Å². The number of rotatable bonds is 5. The molecule has 0 aliphatic heterocycles. The van der Waals surface area contributed by atoms with Gasteiger partial charge < -0.3 is 10.6 Å². The molecule has 1 heterocycles. The van der Waals surface area contributed by atoms with Gasteiger partial charge in [-0.25, -0.2) is 9.97 Å². The van der Waals surface area contributed by atoms with Gasteiger partial charge >= 0.3 is 0 Å². The van der Waals surface area contributed by atoms with Crippen LogP contribution < -0.4 is 10.6 Å². The molecule has 1 aromatic heterocycles. The molecule has 0 spiro atoms. The molecule has 0 unspecified atom stereocenters. The topological polar surface area (TPSA) is 66.9 Å². The molecule has 0 bridgehead atoms. The molecule has 2 rings (SSSR count). The Balaban J connectivity index is 2.01. The van der Waals surface area contributed by atoms with Crippen LogP contribution in [0.15, 0.2) is 35.1 Å². The highest BCUT2D eigenvalue weighted by Gasteiger charge is 2.08. The van der Waals surface area contributed by atoms with Crippen molar-refractivity contribution < 1.29 is 4.79 Å². The first-order valence-corrected chi connectivity index (χ1v) is 7.88. The van der Waals surface area contributed by atoms with Crippen molar-refractivity contribution in [3.63, 3.8) is 0 Å². The van der Waals surface area contributed by atoms with E-state index in [1.807, 2.05) is 25.1 Å². The predicted octanol–water partition coefficient (Wildman–Crippen LogP) is 3.87. The zero-order chi connectivity index (χ0) is 16.1. The van der Waals surface area contributed by atoms with Crippen molar-refractivity contribution in [1.82, 2.24) is 9.97 Å². The summed E-state index contributed by atoms with van der Waals surface area (Å²) >= 11 is 3.43. The number of nitrogens with one attached hydrogen (secondary N) is 2. The number of aryl methyl sites for hydroxylation is 1. The zero-order valence-electron chi connectivity index (χ0n) is 12.9. The SMILES string of the molecule is Cc1cc(NC(=O)c2cnc(NCC(C)C)nc2)ccc1Br. The van der Waals surface area contributed by atoms with Crippen LogP contribution in [-0.4, -0.2) is 22.4 Å². The highest BCUT2D eigenvalue weighted by molar-refractivity contribution is 9.10. The Labute approximate surface area is 138 Å². The minimum Gasteiger partial charge on any atom is -0.354 e. The maximum atomic E-state index is 12.2. The molecule has 22 heavy (non-hydrogen) atoms. The van der Waals surface area contributed by atoms with Gasteiger partial charge in [0.1, 0.15) is 0 Å². The third-order valence-electron chi connectivity index (χ3n) is 3.00. The van der Waals surface area contributed by atoms with Gasteiger partial charge in [0.25, 0.3) is 5.91 Å². The summed E-state index contributed by atoms with van der Waals surface area (Å²) < 4.78 is 1.01. The van der Waals surface area contributed by atoms with Crippen LogP contribution in [0, 0.1) is 12.8 Å². The number of nitrogens with zero attached hydrogens (tertiary/aromatic N) is 2. The second-order valence-corrected chi connectivity index (χ2v) is 6.34. The summed E-state index contributed by atoms with van der Waals surface area (Å²) in [5.41, 5.74) is 2.23. The van der Waals surface area contributed by atoms with Crippen LogP contribution in [0.3, 0.4) is 0 Å². The summed E-state index contributed by atoms with van der Waals surface area (Å²) in [7, 11) is 0. The molecule has 116 valence electrons. The molecule has 0 fully saturated rings. The zero-order valence-corrected chi connectivity index (χ0v) is 14.4. The number of hydrogen-bond donors (Lipinski definition) is 2. The van der Waals surface area contributed by atoms with Crippen LogP contribution in [0.1, 0.15) is 29.8 Å². The van der Waals surface area contributed by atoms with E-state index in [9.17, 15) is 4.79 Å². The Morgan fingerprint density at radius 1 is 1.27 bits per heavy atom. The van der Waals surface area contributed by atoms with E-state index in [4.69, 9.17) is 0 Å². The van der Waals surface area contributed by atoms with E-state index in [1.165, 1.54) is 12.4 Å². The van der Waals surface area contributed by atoms with Crippen molar-refractivity contribution >= 4 is 33.5 Å². The highest BCUT2D eigenvalue weighted by Crippen LogP contribution is 2.20. The summed E-state index contributed by atoms with van der Waals surface area (Å²) in [5.74, 6) is 0.814. The van der Waals surface area contributed by atoms with Gasteiger partial charge in [-0.2, -0.15) is 0 Å². The van der Waals surface area contributed by atoms with Gasteiger partial charge in [-0.1, -0.05) is 29.8 Å². The molecule has 0 saturated heterocycles. The monoisotopic (exact) mass is 362 g/mol. The number of halogens is 1. The van der Waals surface area contributed by atoms with Crippen LogP contribution in [0.25, 0.3) is 0 Å². The molecule has 0 atom stereocenters. The number of anilines is 2. The van der Waals surface area contributed by atoms with E-state index < -0.39 is 0 Å². The van der Waals surface area contributed by atoms with E-state index in [-0.39, 0.29) is 5.91 Å². The molecule has 0 aliphatic carbocycles. The minimum atomic E-state index is -0.225. The highest BCUT2D eigenvalue weighted by atomic mass is 79.9. The molecule has 5 nitrogen and oxygen atoms in total. The van der Waals surface area contributed by atoms with Gasteiger partial charge in [-0.15, -0.1) is 0 Å². The molecule has 1 aromatic carbocycles. The molecule has 1 amide bonds. The molecular formula is C16H19BrN4O. The second kappa shape index (κ2) is 7.35. The van der Waals surface area contributed by atoms with Crippen molar-refractivity contribution in [2.24, 2.45) is 5.92 Å².